The van der Waals surface area contributed by atoms with Gasteiger partial charge in [-0.1, -0.05) is 13.0 Å². The fraction of sp³-hybridized carbons (Fsp3) is 0.143. The van der Waals surface area contributed by atoms with Gasteiger partial charge in [0.2, 0.25) is 0 Å². The Hall–Kier alpha value is -3.52. The molecule has 7 nitrogen and oxygen atoms in total. The molecular weight excluding hydrogens is 388 g/mol. The number of hydrogen-bond acceptors (Lipinski definition) is 6. The summed E-state index contributed by atoms with van der Waals surface area (Å²) >= 11 is 1.34. The third-order valence-corrected chi connectivity index (χ3v) is 5.07. The zero-order valence-electron chi connectivity index (χ0n) is 15.6. The number of pyridine rings is 1. The number of nitrogens with one attached hydrogen (secondary N) is 2. The van der Waals surface area contributed by atoms with Gasteiger partial charge in [-0.15, -0.1) is 11.3 Å². The summed E-state index contributed by atoms with van der Waals surface area (Å²) in [6, 6.07) is 12.2. The average Bonchev–Trinajstić information content (AvgIpc) is 3.23. The van der Waals surface area contributed by atoms with E-state index in [9.17, 15) is 9.59 Å². The molecule has 0 atom stereocenters. The molecular formula is C21H18N4O3S. The molecule has 0 aliphatic carbocycles. The van der Waals surface area contributed by atoms with E-state index < -0.39 is 0 Å². The summed E-state index contributed by atoms with van der Waals surface area (Å²) < 4.78 is 6.41. The third kappa shape index (κ3) is 4.02. The third-order valence-electron chi connectivity index (χ3n) is 4.17. The average molecular weight is 406 g/mol. The zero-order valence-corrected chi connectivity index (χ0v) is 16.5. The van der Waals surface area contributed by atoms with Crippen LogP contribution in [0.2, 0.25) is 0 Å². The molecule has 3 heterocycles. The van der Waals surface area contributed by atoms with Crippen molar-refractivity contribution < 1.29 is 9.53 Å². The molecule has 146 valence electrons. The van der Waals surface area contributed by atoms with Gasteiger partial charge >= 0.3 is 0 Å². The second kappa shape index (κ2) is 8.24. The number of benzene rings is 1. The van der Waals surface area contributed by atoms with Crippen LogP contribution in [0.5, 0.6) is 5.75 Å². The largest absolute Gasteiger partial charge is 0.493 e. The topological polar surface area (TPSA) is 97.0 Å². The van der Waals surface area contributed by atoms with Crippen molar-refractivity contribution in [2.75, 3.05) is 11.9 Å². The van der Waals surface area contributed by atoms with Gasteiger partial charge in [0, 0.05) is 11.9 Å². The van der Waals surface area contributed by atoms with Crippen LogP contribution >= 0.6 is 11.3 Å². The van der Waals surface area contributed by atoms with E-state index in [0.29, 0.717) is 45.3 Å². The number of amides is 1. The molecule has 1 aromatic carbocycles. The Balaban J connectivity index is 1.74. The first-order valence-corrected chi connectivity index (χ1v) is 10.0. The maximum atomic E-state index is 12.4. The predicted molar refractivity (Wildman–Crippen MR) is 114 cm³/mol. The predicted octanol–water partition coefficient (Wildman–Crippen LogP) is 4.09. The van der Waals surface area contributed by atoms with Crippen LogP contribution in [0.4, 0.5) is 5.69 Å². The highest BCUT2D eigenvalue weighted by molar-refractivity contribution is 7.17. The smallest absolute Gasteiger partial charge is 0.274 e. The molecule has 2 N–H and O–H groups in total. The van der Waals surface area contributed by atoms with Crippen molar-refractivity contribution in [3.63, 3.8) is 0 Å². The lowest BCUT2D eigenvalue weighted by atomic mass is 10.1. The summed E-state index contributed by atoms with van der Waals surface area (Å²) in [6.45, 7) is 2.54. The second-order valence-electron chi connectivity index (χ2n) is 6.28. The van der Waals surface area contributed by atoms with Crippen molar-refractivity contribution in [2.24, 2.45) is 0 Å². The van der Waals surface area contributed by atoms with E-state index in [-0.39, 0.29) is 11.5 Å². The van der Waals surface area contributed by atoms with Crippen LogP contribution in [0.15, 0.2) is 58.8 Å². The van der Waals surface area contributed by atoms with Crippen LogP contribution in [-0.2, 0) is 0 Å². The van der Waals surface area contributed by atoms with E-state index >= 15 is 0 Å². The molecule has 0 radical (unpaired) electrons. The van der Waals surface area contributed by atoms with E-state index in [2.05, 4.69) is 20.3 Å². The monoisotopic (exact) mass is 406 g/mol. The lowest BCUT2D eigenvalue weighted by Crippen LogP contribution is -2.14. The Morgan fingerprint density at radius 2 is 2.14 bits per heavy atom. The van der Waals surface area contributed by atoms with Gasteiger partial charge < -0.3 is 15.0 Å². The summed E-state index contributed by atoms with van der Waals surface area (Å²) in [6.07, 6.45) is 2.40. The Morgan fingerprint density at radius 1 is 1.24 bits per heavy atom. The summed E-state index contributed by atoms with van der Waals surface area (Å²) in [4.78, 5) is 36.3. The number of nitrogens with zero attached hydrogens (tertiary/aromatic N) is 2. The summed E-state index contributed by atoms with van der Waals surface area (Å²) in [5, 5.41) is 4.65. The van der Waals surface area contributed by atoms with E-state index in [4.69, 9.17) is 4.74 Å². The van der Waals surface area contributed by atoms with Crippen molar-refractivity contribution >= 4 is 33.1 Å². The zero-order chi connectivity index (χ0) is 20.2. The van der Waals surface area contributed by atoms with Crippen molar-refractivity contribution in [3.8, 4) is 17.1 Å². The van der Waals surface area contributed by atoms with Gasteiger partial charge in [0.25, 0.3) is 11.5 Å². The van der Waals surface area contributed by atoms with Crippen LogP contribution in [0.1, 0.15) is 23.8 Å². The number of aromatic nitrogens is 3. The number of rotatable bonds is 6. The first-order chi connectivity index (χ1) is 14.2. The summed E-state index contributed by atoms with van der Waals surface area (Å²) in [5.74, 6) is 0.648. The summed E-state index contributed by atoms with van der Waals surface area (Å²) in [5.41, 5.74) is 1.88. The van der Waals surface area contributed by atoms with Gasteiger partial charge in [-0.2, -0.15) is 0 Å². The number of H-pyrrole nitrogens is 1. The Labute approximate surface area is 170 Å². The number of ether oxygens (including phenoxy) is 1. The highest BCUT2D eigenvalue weighted by Crippen LogP contribution is 2.31. The quantitative estimate of drug-likeness (QED) is 0.503. The molecule has 0 bridgehead atoms. The van der Waals surface area contributed by atoms with Crippen LogP contribution in [0, 0.1) is 0 Å². The highest BCUT2D eigenvalue weighted by atomic mass is 32.1. The number of hydrogen-bond donors (Lipinski definition) is 2. The molecule has 0 saturated heterocycles. The molecule has 0 fully saturated rings. The van der Waals surface area contributed by atoms with E-state index in [0.717, 1.165) is 6.42 Å². The summed E-state index contributed by atoms with van der Waals surface area (Å²) in [7, 11) is 0. The Kier molecular flexibility index (Phi) is 5.35. The molecule has 0 aliphatic heterocycles. The Bertz CT molecular complexity index is 1220. The van der Waals surface area contributed by atoms with E-state index in [1.54, 1.807) is 48.7 Å². The number of thiophene rings is 1. The van der Waals surface area contributed by atoms with Crippen LogP contribution < -0.4 is 15.6 Å². The number of carbonyl (C=O) groups is 1. The molecule has 1 amide bonds. The van der Waals surface area contributed by atoms with Crippen LogP contribution in [-0.4, -0.2) is 27.5 Å². The molecule has 3 aromatic heterocycles. The molecule has 4 rings (SSSR count). The fourth-order valence-corrected chi connectivity index (χ4v) is 3.55. The van der Waals surface area contributed by atoms with E-state index in [1.807, 2.05) is 12.3 Å². The minimum atomic E-state index is -0.325. The molecule has 8 heteroatoms. The molecule has 4 aromatic rings. The van der Waals surface area contributed by atoms with Crippen molar-refractivity contribution in [3.05, 3.63) is 70.1 Å². The first kappa shape index (κ1) is 18.8. The van der Waals surface area contributed by atoms with E-state index in [1.165, 1.54) is 11.3 Å². The van der Waals surface area contributed by atoms with Gasteiger partial charge in [-0.3, -0.25) is 14.6 Å². The Morgan fingerprint density at radius 3 is 2.93 bits per heavy atom. The molecule has 0 spiro atoms. The first-order valence-electron chi connectivity index (χ1n) is 9.13. The number of fused-ring (bicyclic) bond motifs is 1. The fourth-order valence-electron chi connectivity index (χ4n) is 2.82. The molecule has 0 saturated carbocycles. The van der Waals surface area contributed by atoms with Crippen LogP contribution in [0.25, 0.3) is 21.6 Å². The lowest BCUT2D eigenvalue weighted by Gasteiger charge is -2.13. The number of aromatic amines is 1. The van der Waals surface area contributed by atoms with Gasteiger partial charge in [-0.25, -0.2) is 4.98 Å². The number of carbonyl (C=O) groups excluding carboxylic acids is 1. The SMILES string of the molecule is CCCOc1ccc(NC(=O)c2ccccn2)cc1-c1nc2ccsc2c(=O)[nH]1. The van der Waals surface area contributed by atoms with Crippen molar-refractivity contribution in [1.82, 2.24) is 15.0 Å². The molecule has 29 heavy (non-hydrogen) atoms. The minimum Gasteiger partial charge on any atom is -0.493 e. The lowest BCUT2D eigenvalue weighted by molar-refractivity contribution is 0.102. The van der Waals surface area contributed by atoms with Crippen LogP contribution in [0.3, 0.4) is 0 Å². The maximum absolute atomic E-state index is 12.4. The highest BCUT2D eigenvalue weighted by Gasteiger charge is 2.15. The normalized spacial score (nSPS) is 10.8. The molecule has 0 aliphatic rings. The van der Waals surface area contributed by atoms with Crippen molar-refractivity contribution in [2.45, 2.75) is 13.3 Å². The number of anilines is 1. The van der Waals surface area contributed by atoms with Gasteiger partial charge in [-0.05, 0) is 48.2 Å². The molecule has 0 unspecified atom stereocenters. The maximum Gasteiger partial charge on any atom is 0.274 e. The van der Waals surface area contributed by atoms with Crippen molar-refractivity contribution in [1.29, 1.82) is 0 Å². The standard InChI is InChI=1S/C21H18N4O3S/c1-2-10-28-17-7-6-13(23-20(26)16-5-3-4-9-22-16)12-14(17)19-24-15-8-11-29-18(15)21(27)25-19/h3-9,11-12H,2,10H2,1H3,(H,23,26)(H,24,25,27). The van der Waals surface area contributed by atoms with Gasteiger partial charge in [0.05, 0.1) is 17.7 Å². The second-order valence-corrected chi connectivity index (χ2v) is 7.19. The van der Waals surface area contributed by atoms with Gasteiger partial charge in [0.1, 0.15) is 22.0 Å². The minimum absolute atomic E-state index is 0.204. The van der Waals surface area contributed by atoms with Gasteiger partial charge in [0.15, 0.2) is 0 Å².